The Bertz CT molecular complexity index is 1650. The largest absolute Gasteiger partial charge is 0.480 e. The highest BCUT2D eigenvalue weighted by Crippen LogP contribution is 2.14. The molecule has 0 bridgehead atoms. The molecule has 2 rings (SSSR count). The van der Waals surface area contributed by atoms with Crippen molar-refractivity contribution in [2.75, 3.05) is 197 Å². The number of imide groups is 1. The van der Waals surface area contributed by atoms with Gasteiger partial charge in [0, 0.05) is 64.0 Å². The lowest BCUT2D eigenvalue weighted by molar-refractivity contribution is -0.146. The van der Waals surface area contributed by atoms with Crippen molar-refractivity contribution in [1.82, 2.24) is 25.8 Å². The van der Waals surface area contributed by atoms with Crippen LogP contribution in [0.15, 0.2) is 12.2 Å². The first-order valence-corrected chi connectivity index (χ1v) is 28.8. The number of ether oxygens (including phenoxy) is 12. The van der Waals surface area contributed by atoms with E-state index in [2.05, 4.69) is 16.0 Å². The number of carboxylic acids is 1. The van der Waals surface area contributed by atoms with Crippen LogP contribution in [-0.4, -0.2) is 271 Å². The highest BCUT2D eigenvalue weighted by molar-refractivity contribution is 7.99. The fraction of sp³-hybridized carbons (Fsp3) is 0.827. The van der Waals surface area contributed by atoms with Crippen LogP contribution in [0.3, 0.4) is 0 Å². The molecule has 79 heavy (non-hydrogen) atoms. The van der Waals surface area contributed by atoms with E-state index in [1.807, 2.05) is 11.8 Å². The van der Waals surface area contributed by atoms with Crippen molar-refractivity contribution >= 4 is 53.2 Å². The monoisotopic (exact) mass is 1150 g/mol. The number of hydrogen-bond acceptors (Lipinski definition) is 21. The minimum atomic E-state index is -1.40. The maximum absolute atomic E-state index is 13.6. The van der Waals surface area contributed by atoms with Gasteiger partial charge in [-0.05, 0) is 44.3 Å². The number of methoxy groups -OCH3 is 1. The summed E-state index contributed by atoms with van der Waals surface area (Å²) in [6, 6.07) is -4.07. The van der Waals surface area contributed by atoms with Gasteiger partial charge in [0.1, 0.15) is 23.9 Å². The van der Waals surface area contributed by atoms with Gasteiger partial charge in [0.2, 0.25) is 11.8 Å². The molecule has 3 atom stereocenters. The number of ketones is 1. The van der Waals surface area contributed by atoms with Crippen LogP contribution < -0.4 is 21.7 Å². The lowest BCUT2D eigenvalue weighted by atomic mass is 10.0. The van der Waals surface area contributed by atoms with Crippen LogP contribution in [0.2, 0.25) is 0 Å². The Kier molecular flexibility index (Phi) is 44.9. The molecule has 0 aromatic rings. The summed E-state index contributed by atoms with van der Waals surface area (Å²) < 4.78 is 65.1. The number of nitrogens with zero attached hydrogens (tertiary/aromatic N) is 2. The number of aliphatic carboxylic acids is 1. The van der Waals surface area contributed by atoms with Gasteiger partial charge in [0.05, 0.1) is 152 Å². The smallest absolute Gasteiger partial charge is 0.326 e. The van der Waals surface area contributed by atoms with E-state index < -0.39 is 54.3 Å². The van der Waals surface area contributed by atoms with Crippen LogP contribution in [0.5, 0.6) is 0 Å². The first kappa shape index (κ1) is 71.2. The van der Waals surface area contributed by atoms with Crippen LogP contribution in [-0.2, 0) is 85.6 Å². The van der Waals surface area contributed by atoms with Gasteiger partial charge in [-0.15, -0.1) is 0 Å². The number of rotatable bonds is 54. The summed E-state index contributed by atoms with van der Waals surface area (Å²) >= 11 is 1.81. The molecule has 456 valence electrons. The highest BCUT2D eigenvalue weighted by atomic mass is 32.2. The molecule has 0 saturated carbocycles. The van der Waals surface area contributed by atoms with E-state index in [9.17, 15) is 38.7 Å². The first-order valence-electron chi connectivity index (χ1n) is 27.6. The molecule has 0 aliphatic carbocycles. The summed E-state index contributed by atoms with van der Waals surface area (Å²) in [5.74, 6) is -2.46. The average Bonchev–Trinajstić information content (AvgIpc) is 3.61. The number of hydrogen-bond donors (Lipinski definition) is 5. The zero-order chi connectivity index (χ0) is 57.2. The van der Waals surface area contributed by atoms with Crippen molar-refractivity contribution in [1.29, 1.82) is 0 Å². The maximum atomic E-state index is 13.6. The summed E-state index contributed by atoms with van der Waals surface area (Å²) in [7, 11) is 1.63. The van der Waals surface area contributed by atoms with E-state index in [1.54, 1.807) is 12.0 Å². The lowest BCUT2D eigenvalue weighted by Gasteiger charge is -2.27. The van der Waals surface area contributed by atoms with Crippen molar-refractivity contribution < 1.29 is 95.5 Å². The molecule has 0 aromatic heterocycles. The van der Waals surface area contributed by atoms with Gasteiger partial charge in [-0.3, -0.25) is 28.9 Å². The van der Waals surface area contributed by atoms with Gasteiger partial charge < -0.3 is 88.5 Å². The molecular weight excluding hydrogens is 1060 g/mol. The van der Waals surface area contributed by atoms with Crippen LogP contribution >= 0.6 is 11.8 Å². The number of carbonyl (C=O) groups is 7. The Hall–Kier alpha value is -3.94. The molecular formula is C52H92N6O20S. The van der Waals surface area contributed by atoms with E-state index in [0.29, 0.717) is 202 Å². The molecule has 0 radical (unpaired) electrons. The molecule has 1 fully saturated rings. The van der Waals surface area contributed by atoms with Gasteiger partial charge in [-0.25, -0.2) is 9.59 Å². The third kappa shape index (κ3) is 37.7. The molecule has 6 amide bonds. The van der Waals surface area contributed by atoms with E-state index in [0.717, 1.165) is 30.1 Å². The molecule has 2 aliphatic heterocycles. The van der Waals surface area contributed by atoms with Crippen LogP contribution in [0.4, 0.5) is 4.79 Å². The molecule has 0 spiro atoms. The van der Waals surface area contributed by atoms with Crippen molar-refractivity contribution in [3.05, 3.63) is 12.2 Å². The number of Topliss-reactive ketones (excluding diaryl/α,β-unsaturated/α-hetero) is 1. The molecule has 6 N–H and O–H groups in total. The maximum Gasteiger partial charge on any atom is 0.326 e. The molecule has 26 nitrogen and oxygen atoms in total. The highest BCUT2D eigenvalue weighted by Gasteiger charge is 2.37. The van der Waals surface area contributed by atoms with Gasteiger partial charge in [-0.2, -0.15) is 11.8 Å². The number of thioether (sulfide) groups is 1. The summed E-state index contributed by atoms with van der Waals surface area (Å²) in [6.45, 7) is 11.6. The number of urea groups is 1. The summed E-state index contributed by atoms with van der Waals surface area (Å²) in [5.41, 5.74) is 5.79. The van der Waals surface area contributed by atoms with Gasteiger partial charge >= 0.3 is 12.0 Å². The summed E-state index contributed by atoms with van der Waals surface area (Å²) in [6.07, 6.45) is 5.83. The third-order valence-corrected chi connectivity index (χ3v) is 12.8. The van der Waals surface area contributed by atoms with Crippen molar-refractivity contribution in [2.45, 2.75) is 82.3 Å². The number of unbranched alkanes of at least 4 members (excludes halogenated alkanes) is 3. The predicted octanol–water partition coefficient (Wildman–Crippen LogP) is 0.350. The second-order valence-corrected chi connectivity index (χ2v) is 19.1. The van der Waals surface area contributed by atoms with E-state index in [1.165, 1.54) is 0 Å². The standard InChI is InChI=1S/C52H92N6O20S/c1-67-18-19-69-22-23-71-26-27-73-30-31-75-34-35-77-38-39-78-37-36-76-33-32-74-29-28-72-25-24-70-21-20-68-17-13-43(59)8-3-2-4-9-44(55-50(63)46(42-53)58-47(60)11-12-48(58)61)49(62)56-45(51(64)65)10-5-6-14-54-52(66)57-15-7-40-79-41-16-57/h11-12,44-46H,2-10,13-42,53H2,1H3,(H,54,66)(H,55,63)(H,56,62)(H,64,65)/t44-,45?,46-/m0/s1. The van der Waals surface area contributed by atoms with Gasteiger partial charge in [0.15, 0.2) is 0 Å². The van der Waals surface area contributed by atoms with Crippen LogP contribution in [0.1, 0.15) is 64.2 Å². The Balaban J connectivity index is 1.46. The molecule has 2 aliphatic rings. The normalized spacial score (nSPS) is 14.8. The predicted molar refractivity (Wildman–Crippen MR) is 290 cm³/mol. The SMILES string of the molecule is COCCOCCOCCOCCOCCOCCOCCOCCOCCOCCOCCOCCC(=O)CCCCC[C@H](NC(=O)[C@H](CN)N1C(=O)C=CC1=O)C(=O)NC(CCCCNC(=O)N1CCCSCC1)C(=O)O. The Morgan fingerprint density at radius 3 is 1.43 bits per heavy atom. The summed E-state index contributed by atoms with van der Waals surface area (Å²) in [5, 5.41) is 17.9. The van der Waals surface area contributed by atoms with Crippen molar-refractivity contribution in [3.63, 3.8) is 0 Å². The summed E-state index contributed by atoms with van der Waals surface area (Å²) in [4.78, 5) is 91.4. The molecule has 27 heteroatoms. The van der Waals surface area contributed by atoms with Crippen LogP contribution in [0, 0.1) is 0 Å². The van der Waals surface area contributed by atoms with E-state index in [4.69, 9.17) is 62.6 Å². The average molecular weight is 1150 g/mol. The number of carbonyl (C=O) groups excluding carboxylic acids is 6. The Morgan fingerprint density at radius 1 is 0.544 bits per heavy atom. The van der Waals surface area contributed by atoms with Crippen LogP contribution in [0.25, 0.3) is 0 Å². The molecule has 1 saturated heterocycles. The van der Waals surface area contributed by atoms with Gasteiger partial charge in [0.25, 0.3) is 11.8 Å². The Labute approximate surface area is 470 Å². The molecule has 2 heterocycles. The molecule has 1 unspecified atom stereocenters. The minimum Gasteiger partial charge on any atom is -0.480 e. The number of carboxylic acid groups (broad SMARTS) is 1. The topological polar surface area (TPSA) is 319 Å². The van der Waals surface area contributed by atoms with Crippen molar-refractivity contribution in [2.24, 2.45) is 5.73 Å². The zero-order valence-electron chi connectivity index (χ0n) is 46.5. The van der Waals surface area contributed by atoms with E-state index >= 15 is 0 Å². The second kappa shape index (κ2) is 49.8. The zero-order valence-corrected chi connectivity index (χ0v) is 47.4. The number of amides is 6. The van der Waals surface area contributed by atoms with Crippen molar-refractivity contribution in [3.8, 4) is 0 Å². The third-order valence-electron chi connectivity index (χ3n) is 11.8. The first-order chi connectivity index (χ1) is 38.6. The fourth-order valence-electron chi connectivity index (χ4n) is 7.45. The van der Waals surface area contributed by atoms with Gasteiger partial charge in [-0.1, -0.05) is 12.8 Å². The second-order valence-electron chi connectivity index (χ2n) is 17.9. The number of nitrogens with two attached hydrogens (primary N) is 1. The lowest BCUT2D eigenvalue weighted by Crippen LogP contribution is -2.58. The Morgan fingerprint density at radius 2 is 0.975 bits per heavy atom. The fourth-order valence-corrected chi connectivity index (χ4v) is 8.33. The molecule has 0 aromatic carbocycles. The van der Waals surface area contributed by atoms with E-state index in [-0.39, 0.29) is 44.1 Å². The number of nitrogens with one attached hydrogen (secondary N) is 3. The quantitative estimate of drug-likeness (QED) is 0.0405. The minimum absolute atomic E-state index is 0.00589.